The minimum atomic E-state index is -0.134. The first-order chi connectivity index (χ1) is 9.75. The third-order valence-corrected chi connectivity index (χ3v) is 3.88. The van der Waals surface area contributed by atoms with Gasteiger partial charge in [0.05, 0.1) is 5.02 Å². The number of anilines is 1. The van der Waals surface area contributed by atoms with Gasteiger partial charge in [-0.15, -0.1) is 0 Å². The van der Waals surface area contributed by atoms with Crippen LogP contribution in [-0.2, 0) is 12.0 Å². The van der Waals surface area contributed by atoms with Gasteiger partial charge in [0.1, 0.15) is 17.3 Å². The molecule has 0 atom stereocenters. The average Bonchev–Trinajstić information content (AvgIpc) is 2.69. The highest BCUT2D eigenvalue weighted by Gasteiger charge is 2.25. The summed E-state index contributed by atoms with van der Waals surface area (Å²) in [7, 11) is 0. The molecule has 2 N–H and O–H groups in total. The lowest BCUT2D eigenvalue weighted by atomic mass is 10.1. The molecule has 1 aromatic carbocycles. The molecule has 21 heavy (non-hydrogen) atoms. The Morgan fingerprint density at radius 3 is 2.48 bits per heavy atom. The Balaban J connectivity index is 2.68. The molecule has 1 aromatic heterocycles. The van der Waals surface area contributed by atoms with E-state index in [9.17, 15) is 0 Å². The average molecular weight is 326 g/mol. The maximum absolute atomic E-state index is 6.37. The van der Waals surface area contributed by atoms with E-state index in [0.29, 0.717) is 21.6 Å². The summed E-state index contributed by atoms with van der Waals surface area (Å²) in [6, 6.07) is 5.34. The minimum absolute atomic E-state index is 0.134. The molecule has 0 aliphatic heterocycles. The van der Waals surface area contributed by atoms with Crippen LogP contribution >= 0.6 is 23.2 Å². The number of nitrogens with two attached hydrogens (primary N) is 1. The fraction of sp³-hybridized carbons (Fsp3) is 0.438. The Hall–Kier alpha value is -1.19. The standard InChI is InChI=1S/C16H21Cl2N3/c1-5-6-13-20-14(15(19)21(13)16(2,3)4)11-9-10(17)7-8-12(11)18/h7-9H,5-6,19H2,1-4H3. The summed E-state index contributed by atoms with van der Waals surface area (Å²) in [5.41, 5.74) is 7.73. The second kappa shape index (κ2) is 5.90. The molecule has 2 rings (SSSR count). The van der Waals surface area contributed by atoms with Crippen molar-refractivity contribution in [1.82, 2.24) is 9.55 Å². The second-order valence-corrected chi connectivity index (χ2v) is 6.99. The van der Waals surface area contributed by atoms with Gasteiger partial charge in [-0.1, -0.05) is 30.1 Å². The van der Waals surface area contributed by atoms with E-state index in [1.165, 1.54) is 0 Å². The molecule has 3 nitrogen and oxygen atoms in total. The Kier molecular flexibility index (Phi) is 4.54. The highest BCUT2D eigenvalue weighted by Crippen LogP contribution is 2.36. The summed E-state index contributed by atoms with van der Waals surface area (Å²) in [4.78, 5) is 4.73. The van der Waals surface area contributed by atoms with Crippen molar-refractivity contribution in [2.45, 2.75) is 46.1 Å². The zero-order chi connectivity index (χ0) is 15.8. The quantitative estimate of drug-likeness (QED) is 0.848. The number of hydrogen-bond acceptors (Lipinski definition) is 2. The summed E-state index contributed by atoms with van der Waals surface area (Å²) in [5.74, 6) is 1.61. The van der Waals surface area contributed by atoms with Gasteiger partial charge in [0.2, 0.25) is 0 Å². The van der Waals surface area contributed by atoms with Crippen LogP contribution in [0, 0.1) is 0 Å². The van der Waals surface area contributed by atoms with Gasteiger partial charge in [0, 0.05) is 22.5 Å². The number of aryl methyl sites for hydroxylation is 1. The summed E-state index contributed by atoms with van der Waals surface area (Å²) in [5, 5.41) is 1.23. The maximum atomic E-state index is 6.37. The lowest BCUT2D eigenvalue weighted by Gasteiger charge is -2.25. The van der Waals surface area contributed by atoms with Gasteiger partial charge in [-0.05, 0) is 45.4 Å². The van der Waals surface area contributed by atoms with E-state index in [4.69, 9.17) is 33.9 Å². The van der Waals surface area contributed by atoms with Crippen molar-refractivity contribution in [3.63, 3.8) is 0 Å². The smallest absolute Gasteiger partial charge is 0.132 e. The molecular weight excluding hydrogens is 305 g/mol. The number of hydrogen-bond donors (Lipinski definition) is 1. The number of benzene rings is 1. The van der Waals surface area contributed by atoms with E-state index in [1.54, 1.807) is 12.1 Å². The molecule has 0 aliphatic carbocycles. The minimum Gasteiger partial charge on any atom is -0.383 e. The van der Waals surface area contributed by atoms with Gasteiger partial charge >= 0.3 is 0 Å². The second-order valence-electron chi connectivity index (χ2n) is 6.14. The Morgan fingerprint density at radius 1 is 1.24 bits per heavy atom. The molecule has 0 amide bonds. The molecule has 0 fully saturated rings. The molecular formula is C16H21Cl2N3. The SMILES string of the molecule is CCCc1nc(-c2cc(Cl)ccc2Cl)c(N)n1C(C)(C)C. The van der Waals surface area contributed by atoms with Crippen molar-refractivity contribution < 1.29 is 0 Å². The van der Waals surface area contributed by atoms with E-state index in [1.807, 2.05) is 6.07 Å². The summed E-state index contributed by atoms with van der Waals surface area (Å²) in [6.45, 7) is 8.48. The van der Waals surface area contributed by atoms with Gasteiger partial charge in [0.25, 0.3) is 0 Å². The monoisotopic (exact) mass is 325 g/mol. The van der Waals surface area contributed by atoms with Crippen molar-refractivity contribution in [3.05, 3.63) is 34.1 Å². The van der Waals surface area contributed by atoms with Crippen LogP contribution in [0.4, 0.5) is 5.82 Å². The number of nitrogens with zero attached hydrogens (tertiary/aromatic N) is 2. The van der Waals surface area contributed by atoms with E-state index in [2.05, 4.69) is 32.3 Å². The molecule has 0 aliphatic rings. The zero-order valence-corrected chi connectivity index (χ0v) is 14.4. The van der Waals surface area contributed by atoms with Crippen molar-refractivity contribution in [3.8, 4) is 11.3 Å². The third-order valence-electron chi connectivity index (χ3n) is 3.31. The maximum Gasteiger partial charge on any atom is 0.132 e. The number of nitrogen functional groups attached to an aromatic ring is 1. The van der Waals surface area contributed by atoms with Crippen molar-refractivity contribution in [1.29, 1.82) is 0 Å². The topological polar surface area (TPSA) is 43.8 Å². The molecule has 0 spiro atoms. The van der Waals surface area contributed by atoms with Crippen LogP contribution < -0.4 is 5.73 Å². The molecule has 5 heteroatoms. The van der Waals surface area contributed by atoms with Gasteiger partial charge < -0.3 is 10.3 Å². The van der Waals surface area contributed by atoms with E-state index < -0.39 is 0 Å². The van der Waals surface area contributed by atoms with E-state index in [-0.39, 0.29) is 5.54 Å². The fourth-order valence-corrected chi connectivity index (χ4v) is 2.88. The van der Waals surface area contributed by atoms with E-state index >= 15 is 0 Å². The molecule has 0 bridgehead atoms. The molecule has 1 heterocycles. The highest BCUT2D eigenvalue weighted by atomic mass is 35.5. The van der Waals surface area contributed by atoms with Crippen molar-refractivity contribution >= 4 is 29.0 Å². The lowest BCUT2D eigenvalue weighted by molar-refractivity contribution is 0.387. The summed E-state index contributed by atoms with van der Waals surface area (Å²) >= 11 is 12.4. The molecule has 0 saturated carbocycles. The van der Waals surface area contributed by atoms with Gasteiger partial charge in [-0.2, -0.15) is 0 Å². The van der Waals surface area contributed by atoms with Gasteiger partial charge in [0.15, 0.2) is 0 Å². The Bertz CT molecular complexity index is 654. The molecule has 114 valence electrons. The van der Waals surface area contributed by atoms with Crippen LogP contribution in [0.25, 0.3) is 11.3 Å². The number of rotatable bonds is 3. The summed E-state index contributed by atoms with van der Waals surface area (Å²) < 4.78 is 2.09. The largest absolute Gasteiger partial charge is 0.383 e. The van der Waals surface area contributed by atoms with E-state index in [0.717, 1.165) is 24.2 Å². The van der Waals surface area contributed by atoms with Crippen LogP contribution in [0.5, 0.6) is 0 Å². The number of halogens is 2. The molecule has 0 radical (unpaired) electrons. The third kappa shape index (κ3) is 3.19. The van der Waals surface area contributed by atoms with Crippen LogP contribution in [0.2, 0.25) is 10.0 Å². The normalized spacial score (nSPS) is 11.9. The van der Waals surface area contributed by atoms with Crippen LogP contribution in [-0.4, -0.2) is 9.55 Å². The van der Waals surface area contributed by atoms with Crippen molar-refractivity contribution in [2.75, 3.05) is 5.73 Å². The lowest BCUT2D eigenvalue weighted by Crippen LogP contribution is -2.25. The van der Waals surface area contributed by atoms with Crippen molar-refractivity contribution in [2.24, 2.45) is 0 Å². The highest BCUT2D eigenvalue weighted by molar-refractivity contribution is 6.35. The zero-order valence-electron chi connectivity index (χ0n) is 12.9. The van der Waals surface area contributed by atoms with Gasteiger partial charge in [-0.3, -0.25) is 0 Å². The van der Waals surface area contributed by atoms with Crippen LogP contribution in [0.1, 0.15) is 39.9 Å². The first-order valence-corrected chi connectivity index (χ1v) is 7.84. The van der Waals surface area contributed by atoms with Crippen LogP contribution in [0.3, 0.4) is 0 Å². The first-order valence-electron chi connectivity index (χ1n) is 7.08. The predicted molar refractivity (Wildman–Crippen MR) is 91.1 cm³/mol. The molecule has 0 saturated heterocycles. The first kappa shape index (κ1) is 16.2. The molecule has 0 unspecified atom stereocenters. The summed E-state index contributed by atoms with van der Waals surface area (Å²) in [6.07, 6.45) is 1.88. The predicted octanol–water partition coefficient (Wildman–Crippen LogP) is 5.15. The number of aromatic nitrogens is 2. The fourth-order valence-electron chi connectivity index (χ4n) is 2.50. The molecule has 2 aromatic rings. The van der Waals surface area contributed by atoms with Gasteiger partial charge in [-0.25, -0.2) is 4.98 Å². The Morgan fingerprint density at radius 2 is 1.90 bits per heavy atom. The van der Waals surface area contributed by atoms with Crippen LogP contribution in [0.15, 0.2) is 18.2 Å². The number of imidazole rings is 1. The Labute approximate surface area is 136 Å².